The van der Waals surface area contributed by atoms with Crippen molar-refractivity contribution in [1.29, 1.82) is 0 Å². The van der Waals surface area contributed by atoms with E-state index in [-0.39, 0.29) is 17.1 Å². The van der Waals surface area contributed by atoms with Crippen LogP contribution in [0.1, 0.15) is 34.6 Å². The Morgan fingerprint density at radius 1 is 1.03 bits per heavy atom. The van der Waals surface area contributed by atoms with E-state index >= 15 is 0 Å². The van der Waals surface area contributed by atoms with Gasteiger partial charge in [0.25, 0.3) is 0 Å². The average Bonchev–Trinajstić information content (AvgIpc) is 3.31. The van der Waals surface area contributed by atoms with E-state index in [1.807, 2.05) is 24.3 Å². The number of morpholine rings is 1. The second-order valence-corrected chi connectivity index (χ2v) is 11.4. The number of aromatic nitrogens is 1. The van der Waals surface area contributed by atoms with Crippen LogP contribution in [0.4, 0.5) is 5.69 Å². The van der Waals surface area contributed by atoms with Gasteiger partial charge in [0, 0.05) is 26.2 Å². The second-order valence-electron chi connectivity index (χ2n) is 8.39. The van der Waals surface area contributed by atoms with E-state index in [2.05, 4.69) is 9.88 Å². The van der Waals surface area contributed by atoms with Crippen molar-refractivity contribution in [2.75, 3.05) is 44.3 Å². The minimum Gasteiger partial charge on any atom is -0.455 e. The number of piperidine rings is 1. The predicted octanol–water partition coefficient (Wildman–Crippen LogP) is 3.66. The lowest BCUT2D eigenvalue weighted by Gasteiger charge is -2.31. The highest BCUT2D eigenvalue weighted by Gasteiger charge is 2.29. The molecule has 0 aliphatic carbocycles. The number of carbonyl (C=O) groups excluding carboxylic acids is 1. The Balaban J connectivity index is 1.43. The molecule has 0 amide bonds. The van der Waals surface area contributed by atoms with Crippen molar-refractivity contribution >= 4 is 43.2 Å². The molecule has 0 radical (unpaired) electrons. The fourth-order valence-corrected chi connectivity index (χ4v) is 6.69. The normalized spacial score (nSPS) is 17.7. The smallest absolute Gasteiger partial charge is 0.340 e. The molecule has 0 unspecified atom stereocenters. The maximum atomic E-state index is 13.3. The molecule has 10 heteroatoms. The number of anilines is 1. The Hall–Kier alpha value is -2.53. The van der Waals surface area contributed by atoms with E-state index in [4.69, 9.17) is 9.47 Å². The zero-order valence-electron chi connectivity index (χ0n) is 18.8. The van der Waals surface area contributed by atoms with Crippen molar-refractivity contribution in [2.24, 2.45) is 0 Å². The van der Waals surface area contributed by atoms with Gasteiger partial charge < -0.3 is 14.4 Å². The summed E-state index contributed by atoms with van der Waals surface area (Å²) in [5.41, 5.74) is 1.86. The third kappa shape index (κ3) is 4.81. The van der Waals surface area contributed by atoms with Crippen LogP contribution in [0.2, 0.25) is 0 Å². The molecule has 1 aromatic heterocycles. The molecule has 3 heterocycles. The topological polar surface area (TPSA) is 89.0 Å². The first-order chi connectivity index (χ1) is 16.5. The lowest BCUT2D eigenvalue weighted by Crippen LogP contribution is -2.40. The Morgan fingerprint density at radius 3 is 2.56 bits per heavy atom. The Bertz CT molecular complexity index is 1250. The average molecular weight is 502 g/mol. The van der Waals surface area contributed by atoms with E-state index in [0.29, 0.717) is 31.3 Å². The molecule has 180 valence electrons. The van der Waals surface area contributed by atoms with Gasteiger partial charge in [-0.05, 0) is 49.6 Å². The zero-order valence-corrected chi connectivity index (χ0v) is 20.4. The van der Waals surface area contributed by atoms with Crippen LogP contribution < -0.4 is 4.90 Å². The SMILES string of the molecule is O=C(OCc1nc2ccccc2s1)c1cc(S(=O)(=O)N2CCOCC2)ccc1N1CCCCC1. The van der Waals surface area contributed by atoms with Gasteiger partial charge >= 0.3 is 5.97 Å². The van der Waals surface area contributed by atoms with Gasteiger partial charge in [-0.3, -0.25) is 0 Å². The third-order valence-electron chi connectivity index (χ3n) is 6.16. The molecule has 0 saturated carbocycles. The lowest BCUT2D eigenvalue weighted by molar-refractivity contribution is 0.0473. The maximum absolute atomic E-state index is 13.3. The second kappa shape index (κ2) is 9.99. The van der Waals surface area contributed by atoms with E-state index < -0.39 is 16.0 Å². The molecule has 5 rings (SSSR count). The number of rotatable bonds is 6. The number of hydrogen-bond donors (Lipinski definition) is 0. The number of nitrogens with zero attached hydrogens (tertiary/aromatic N) is 3. The van der Waals surface area contributed by atoms with Gasteiger partial charge in [0.05, 0.1) is 39.6 Å². The molecule has 0 N–H and O–H groups in total. The van der Waals surface area contributed by atoms with Crippen LogP contribution in [0.15, 0.2) is 47.4 Å². The first-order valence-corrected chi connectivity index (χ1v) is 13.8. The molecule has 2 fully saturated rings. The van der Waals surface area contributed by atoms with Gasteiger partial charge in [0.2, 0.25) is 10.0 Å². The number of thiazole rings is 1. The number of sulfonamides is 1. The number of carbonyl (C=O) groups is 1. The molecule has 0 atom stereocenters. The zero-order chi connectivity index (χ0) is 23.5. The molecule has 3 aromatic rings. The summed E-state index contributed by atoms with van der Waals surface area (Å²) in [6.07, 6.45) is 3.22. The summed E-state index contributed by atoms with van der Waals surface area (Å²) in [7, 11) is -3.73. The molecule has 2 saturated heterocycles. The van der Waals surface area contributed by atoms with Crippen molar-refractivity contribution in [1.82, 2.24) is 9.29 Å². The van der Waals surface area contributed by atoms with Crippen LogP contribution in [0, 0.1) is 0 Å². The largest absolute Gasteiger partial charge is 0.455 e. The highest BCUT2D eigenvalue weighted by Crippen LogP contribution is 2.30. The number of hydrogen-bond acceptors (Lipinski definition) is 8. The summed E-state index contributed by atoms with van der Waals surface area (Å²) in [4.78, 5) is 20.0. The summed E-state index contributed by atoms with van der Waals surface area (Å²) in [5.74, 6) is -0.543. The van der Waals surface area contributed by atoms with Gasteiger partial charge in [-0.25, -0.2) is 18.2 Å². The first-order valence-electron chi connectivity index (χ1n) is 11.5. The van der Waals surface area contributed by atoms with Crippen molar-refractivity contribution < 1.29 is 22.7 Å². The molecule has 2 aliphatic heterocycles. The molecular formula is C24H27N3O5S2. The Labute approximate surface area is 203 Å². The fourth-order valence-electron chi connectivity index (χ4n) is 4.37. The molecule has 8 nitrogen and oxygen atoms in total. The number of esters is 1. The minimum absolute atomic E-state index is 0.0397. The first kappa shape index (κ1) is 23.2. The maximum Gasteiger partial charge on any atom is 0.340 e. The van der Waals surface area contributed by atoms with Gasteiger partial charge in [-0.15, -0.1) is 11.3 Å². The van der Waals surface area contributed by atoms with Gasteiger partial charge in [0.1, 0.15) is 11.6 Å². The molecule has 34 heavy (non-hydrogen) atoms. The van der Waals surface area contributed by atoms with E-state index in [0.717, 1.165) is 48.3 Å². The van der Waals surface area contributed by atoms with Crippen LogP contribution in [-0.4, -0.2) is 63.1 Å². The number of benzene rings is 2. The fraction of sp³-hybridized carbons (Fsp3) is 0.417. The van der Waals surface area contributed by atoms with Crippen LogP contribution in [-0.2, 0) is 26.1 Å². The lowest BCUT2D eigenvalue weighted by atomic mass is 10.1. The van der Waals surface area contributed by atoms with E-state index in [1.54, 1.807) is 12.1 Å². The highest BCUT2D eigenvalue weighted by atomic mass is 32.2. The van der Waals surface area contributed by atoms with Gasteiger partial charge in [-0.2, -0.15) is 4.31 Å². The minimum atomic E-state index is -3.73. The molecule has 2 aliphatic rings. The van der Waals surface area contributed by atoms with Crippen LogP contribution in [0.5, 0.6) is 0 Å². The number of fused-ring (bicyclic) bond motifs is 1. The monoisotopic (exact) mass is 501 g/mol. The molecule has 0 spiro atoms. The van der Waals surface area contributed by atoms with Crippen LogP contribution in [0.3, 0.4) is 0 Å². The van der Waals surface area contributed by atoms with Crippen LogP contribution in [0.25, 0.3) is 10.2 Å². The van der Waals surface area contributed by atoms with Crippen LogP contribution >= 0.6 is 11.3 Å². The Kier molecular flexibility index (Phi) is 6.82. The standard InChI is InChI=1S/C24H27N3O5S2/c28-24(32-17-23-25-20-6-2-3-7-22(20)33-23)19-16-18(34(29,30)27-12-14-31-15-13-27)8-9-21(19)26-10-4-1-5-11-26/h2-3,6-9,16H,1,4-5,10-15,17H2. The summed E-state index contributed by atoms with van der Waals surface area (Å²) in [5, 5.41) is 0.700. The Morgan fingerprint density at radius 2 is 1.79 bits per heavy atom. The van der Waals surface area contributed by atoms with Gasteiger partial charge in [-0.1, -0.05) is 12.1 Å². The van der Waals surface area contributed by atoms with Crippen molar-refractivity contribution in [3.05, 3.63) is 53.0 Å². The van der Waals surface area contributed by atoms with Gasteiger partial charge in [0.15, 0.2) is 0 Å². The summed E-state index contributed by atoms with van der Waals surface area (Å²) < 4.78 is 39.8. The number of ether oxygens (including phenoxy) is 2. The molecule has 2 aromatic carbocycles. The summed E-state index contributed by atoms with van der Waals surface area (Å²) >= 11 is 1.48. The third-order valence-corrected chi connectivity index (χ3v) is 9.06. The summed E-state index contributed by atoms with van der Waals surface area (Å²) in [6.45, 7) is 3.02. The van der Waals surface area contributed by atoms with Crippen molar-refractivity contribution in [3.63, 3.8) is 0 Å². The molecule has 0 bridgehead atoms. The molecular weight excluding hydrogens is 474 g/mol. The highest BCUT2D eigenvalue weighted by molar-refractivity contribution is 7.89. The van der Waals surface area contributed by atoms with Crippen molar-refractivity contribution in [3.8, 4) is 0 Å². The predicted molar refractivity (Wildman–Crippen MR) is 131 cm³/mol. The quantitative estimate of drug-likeness (QED) is 0.476. The van der Waals surface area contributed by atoms with E-state index in [9.17, 15) is 13.2 Å². The summed E-state index contributed by atoms with van der Waals surface area (Å²) in [6, 6.07) is 12.6. The van der Waals surface area contributed by atoms with E-state index in [1.165, 1.54) is 21.7 Å². The van der Waals surface area contributed by atoms with Crippen molar-refractivity contribution in [2.45, 2.75) is 30.8 Å². The number of para-hydroxylation sites is 1.